The van der Waals surface area contributed by atoms with Crippen LogP contribution in [0.1, 0.15) is 78.9 Å². The van der Waals surface area contributed by atoms with Gasteiger partial charge in [-0.25, -0.2) is 32.9 Å². The van der Waals surface area contributed by atoms with Crippen molar-refractivity contribution in [3.05, 3.63) is 215 Å². The standard InChI is InChI=1S/C25H25Cl2FN4O2.C24H24Cl2FN3O4.C21H19Cl2FN2O3/c1-14(23-19(26)6-7-20(28)24(23)27)34-21-11-17(12-31-25(21)30)16-4-2-15(3-5-16)10-22(33)32-9-8-18(29)13-32;1-13(21-17(25)7-8-18(27)22(21)26)34-20-10-16(11-29-23(20)28)14-5-6-15(19(9-14)32-4)12-33-24(31)30(2)3;1-11(19-15(22)5-6-16(24)20(19)23)29-18-8-14(9-26-21(18)25)12-3-4-13(10-27)17(7-12)28-2/h2-7,11-12,14,18H,8-10,13,29H2,1H3,(H2,30,31);5-11,13H,12H2,1-4H3,(H2,28,29);3-9,11,27H,10H2,1-2H3,(H2,25,26). The number of halogens is 9. The molecule has 27 heteroatoms. The summed E-state index contributed by atoms with van der Waals surface area (Å²) in [4.78, 5) is 40.0. The molecule has 1 fully saturated rings. The van der Waals surface area contributed by atoms with Crippen molar-refractivity contribution < 1.29 is 56.3 Å². The molecule has 4 unspecified atom stereocenters. The van der Waals surface area contributed by atoms with Crippen LogP contribution >= 0.6 is 69.6 Å². The molecule has 0 aliphatic carbocycles. The first-order chi connectivity index (χ1) is 46.2. The molecule has 510 valence electrons. The third kappa shape index (κ3) is 18.5. The number of methoxy groups -OCH3 is 2. The first-order valence-corrected chi connectivity index (χ1v) is 32.1. The van der Waals surface area contributed by atoms with Gasteiger partial charge in [0.1, 0.15) is 53.9 Å². The van der Waals surface area contributed by atoms with E-state index < -0.39 is 41.9 Å². The molecule has 4 atom stereocenters. The van der Waals surface area contributed by atoms with Crippen LogP contribution < -0.4 is 46.6 Å². The van der Waals surface area contributed by atoms with Crippen LogP contribution in [-0.2, 0) is 29.2 Å². The number of aliphatic hydroxyl groups is 1. The van der Waals surface area contributed by atoms with Gasteiger partial charge in [-0.1, -0.05) is 118 Å². The van der Waals surface area contributed by atoms with Crippen molar-refractivity contribution in [1.82, 2.24) is 24.8 Å². The number of rotatable bonds is 19. The van der Waals surface area contributed by atoms with Gasteiger partial charge in [0.25, 0.3) is 0 Å². The lowest BCUT2D eigenvalue weighted by Crippen LogP contribution is -2.32. The van der Waals surface area contributed by atoms with Gasteiger partial charge in [0.05, 0.1) is 42.3 Å². The minimum atomic E-state index is -0.696. The molecule has 1 saturated heterocycles. The van der Waals surface area contributed by atoms with Gasteiger partial charge in [-0.2, -0.15) is 0 Å². The first kappa shape index (κ1) is 74.2. The number of likely N-dealkylation sites (tertiary alicyclic amines) is 1. The molecule has 0 bridgehead atoms. The molecule has 4 heterocycles. The molecular weight excluding hydrogens is 1380 g/mol. The fourth-order valence-electron chi connectivity index (χ4n) is 10.1. The maximum absolute atomic E-state index is 13.9. The predicted molar refractivity (Wildman–Crippen MR) is 374 cm³/mol. The second kappa shape index (κ2) is 33.5. The van der Waals surface area contributed by atoms with Crippen molar-refractivity contribution in [1.29, 1.82) is 0 Å². The highest BCUT2D eigenvalue weighted by Gasteiger charge is 2.26. The molecule has 3 aromatic heterocycles. The Morgan fingerprint density at radius 2 is 0.928 bits per heavy atom. The third-order valence-electron chi connectivity index (χ3n) is 15.4. The molecule has 1 aliphatic rings. The Morgan fingerprint density at radius 1 is 0.557 bits per heavy atom. The van der Waals surface area contributed by atoms with Crippen LogP contribution in [-0.4, -0.2) is 89.3 Å². The van der Waals surface area contributed by atoms with Gasteiger partial charge >= 0.3 is 6.09 Å². The lowest BCUT2D eigenvalue weighted by Gasteiger charge is -2.19. The summed E-state index contributed by atoms with van der Waals surface area (Å²) < 4.78 is 75.6. The van der Waals surface area contributed by atoms with Crippen LogP contribution in [0, 0.1) is 17.5 Å². The van der Waals surface area contributed by atoms with Gasteiger partial charge in [0.2, 0.25) is 5.91 Å². The SMILES string of the molecule is CC(Oc1cc(-c2ccc(CC(=O)N3CCC(N)C3)cc2)cnc1N)c1c(Cl)ccc(F)c1Cl.COc1cc(-c2cnc(N)c(OC(C)c3c(Cl)ccc(F)c3Cl)c2)ccc1CO.COc1cc(-c2cnc(N)c(OC(C)c3c(Cl)ccc(F)c3Cl)c2)ccc1COC(=O)N(C)C. The zero-order valence-electron chi connectivity index (χ0n) is 53.4. The number of amides is 2. The molecule has 0 spiro atoms. The highest BCUT2D eigenvalue weighted by atomic mass is 35.5. The maximum Gasteiger partial charge on any atom is 0.409 e. The Kier molecular flexibility index (Phi) is 25.6. The number of anilines is 3. The van der Waals surface area contributed by atoms with Gasteiger partial charge in [-0.05, 0) is 116 Å². The lowest BCUT2D eigenvalue weighted by molar-refractivity contribution is -0.129. The highest BCUT2D eigenvalue weighted by molar-refractivity contribution is 6.37. The number of carbonyl (C=O) groups is 2. The van der Waals surface area contributed by atoms with Gasteiger partial charge in [0.15, 0.2) is 34.7 Å². The van der Waals surface area contributed by atoms with Gasteiger partial charge in [0, 0.05) is 111 Å². The summed E-state index contributed by atoms with van der Waals surface area (Å²) in [6, 6.07) is 31.6. The maximum atomic E-state index is 13.9. The molecule has 9 aromatic rings. The molecule has 6 aromatic carbocycles. The van der Waals surface area contributed by atoms with Crippen molar-refractivity contribution in [2.24, 2.45) is 5.73 Å². The average molecular weight is 1450 g/mol. The first-order valence-electron chi connectivity index (χ1n) is 29.8. The van der Waals surface area contributed by atoms with E-state index in [2.05, 4.69) is 15.0 Å². The molecular formula is C70H68Cl6F3N9O9. The Balaban J connectivity index is 0.000000187. The van der Waals surface area contributed by atoms with E-state index in [4.69, 9.17) is 121 Å². The summed E-state index contributed by atoms with van der Waals surface area (Å²) in [5.74, 6) is 0.818. The zero-order valence-corrected chi connectivity index (χ0v) is 57.9. The number of nitrogens with zero attached hydrogens (tertiary/aromatic N) is 5. The van der Waals surface area contributed by atoms with E-state index in [1.807, 2.05) is 41.3 Å². The van der Waals surface area contributed by atoms with E-state index >= 15 is 0 Å². The van der Waals surface area contributed by atoms with Crippen LogP contribution in [0.5, 0.6) is 28.7 Å². The fourth-order valence-corrected chi connectivity index (χ4v) is 12.1. The number of carbonyl (C=O) groups excluding carboxylic acids is 2. The number of aromatic nitrogens is 3. The minimum Gasteiger partial charge on any atom is -0.496 e. The van der Waals surface area contributed by atoms with Crippen LogP contribution in [0.15, 0.2) is 134 Å². The van der Waals surface area contributed by atoms with E-state index in [1.54, 1.807) is 95.9 Å². The third-order valence-corrected chi connectivity index (χ3v) is 17.5. The average Bonchev–Trinajstić information content (AvgIpc) is 1.91. The quantitative estimate of drug-likeness (QED) is 0.0471. The Morgan fingerprint density at radius 3 is 1.30 bits per heavy atom. The Hall–Kier alpha value is -8.64. The fraction of sp³-hybridized carbons (Fsp3) is 0.243. The van der Waals surface area contributed by atoms with Crippen LogP contribution in [0.2, 0.25) is 30.1 Å². The Labute approximate surface area is 588 Å². The number of aliphatic hydroxyl groups excluding tert-OH is 1. The normalized spacial score (nSPS) is 13.4. The predicted octanol–water partition coefficient (Wildman–Crippen LogP) is 16.6. The number of hydrogen-bond acceptors (Lipinski definition) is 16. The smallest absolute Gasteiger partial charge is 0.409 e. The largest absolute Gasteiger partial charge is 0.496 e. The summed E-state index contributed by atoms with van der Waals surface area (Å²) in [5.41, 5.74) is 31.8. The van der Waals surface area contributed by atoms with Crippen molar-refractivity contribution in [2.75, 3.05) is 58.6 Å². The number of nitrogens with two attached hydrogens (primary N) is 4. The van der Waals surface area contributed by atoms with E-state index in [-0.39, 0.29) is 73.5 Å². The van der Waals surface area contributed by atoms with E-state index in [9.17, 15) is 27.9 Å². The van der Waals surface area contributed by atoms with Crippen molar-refractivity contribution in [3.8, 4) is 62.1 Å². The second-order valence-corrected chi connectivity index (χ2v) is 24.7. The van der Waals surface area contributed by atoms with Crippen molar-refractivity contribution >= 4 is 99.1 Å². The van der Waals surface area contributed by atoms with Gasteiger partial charge < -0.3 is 66.3 Å². The molecule has 0 saturated carbocycles. The van der Waals surface area contributed by atoms with E-state index in [0.717, 1.165) is 39.8 Å². The summed E-state index contributed by atoms with van der Waals surface area (Å²) in [7, 11) is 6.27. The van der Waals surface area contributed by atoms with Crippen LogP contribution in [0.25, 0.3) is 33.4 Å². The summed E-state index contributed by atoms with van der Waals surface area (Å²) in [6.45, 7) is 6.33. The summed E-state index contributed by atoms with van der Waals surface area (Å²) >= 11 is 36.9. The van der Waals surface area contributed by atoms with Crippen molar-refractivity contribution in [2.45, 2.75) is 71.2 Å². The zero-order chi connectivity index (χ0) is 70.5. The molecule has 10 rings (SSSR count). The topological polar surface area (TPSA) is 259 Å². The van der Waals surface area contributed by atoms with Crippen LogP contribution in [0.3, 0.4) is 0 Å². The van der Waals surface area contributed by atoms with E-state index in [0.29, 0.717) is 80.9 Å². The van der Waals surface area contributed by atoms with Gasteiger partial charge in [-0.15, -0.1) is 0 Å². The second-order valence-electron chi connectivity index (χ2n) is 22.3. The number of pyridine rings is 3. The highest BCUT2D eigenvalue weighted by Crippen LogP contribution is 2.42. The van der Waals surface area contributed by atoms with Crippen LogP contribution in [0.4, 0.5) is 35.4 Å². The van der Waals surface area contributed by atoms with Crippen molar-refractivity contribution in [3.63, 3.8) is 0 Å². The molecule has 18 nitrogen and oxygen atoms in total. The van der Waals surface area contributed by atoms with E-state index in [1.165, 1.54) is 55.5 Å². The molecule has 9 N–H and O–H groups in total. The molecule has 1 aliphatic heterocycles. The molecule has 97 heavy (non-hydrogen) atoms. The summed E-state index contributed by atoms with van der Waals surface area (Å²) in [5, 5.41) is 9.94. The van der Waals surface area contributed by atoms with Gasteiger partial charge in [-0.3, -0.25) is 4.79 Å². The Bertz CT molecular complexity index is 4320. The summed E-state index contributed by atoms with van der Waals surface area (Å²) in [6.07, 6.45) is 3.52. The monoisotopic (exact) mass is 1450 g/mol. The number of hydrogen-bond donors (Lipinski definition) is 5. The number of benzene rings is 6. The molecule has 2 amide bonds. The number of nitrogen functional groups attached to an aromatic ring is 3. The number of ether oxygens (including phenoxy) is 6. The molecule has 0 radical (unpaired) electrons. The lowest BCUT2D eigenvalue weighted by atomic mass is 10.0. The minimum absolute atomic E-state index is 0.0570.